The van der Waals surface area contributed by atoms with E-state index in [0.717, 1.165) is 102 Å². The molecule has 14 heteroatoms. The lowest BCUT2D eigenvalue weighted by molar-refractivity contribution is -0.132. The minimum atomic E-state index is -0.883. The molecule has 4 aromatic rings. The topological polar surface area (TPSA) is 162 Å². The summed E-state index contributed by atoms with van der Waals surface area (Å²) in [6.45, 7) is 14.4. The minimum Gasteiger partial charge on any atom is -0.492 e. The summed E-state index contributed by atoms with van der Waals surface area (Å²) in [5, 5.41) is 3.03. The standard InChI is InChI=1S/C49H56N6O8/c1-5-54(35-14-21-62-22-15-35)44-26-34(25-40(32(44)4)46(58)50-29-42-30(2)24-31(3)51-47(42)59)33-6-10-38(11-7-33)63-23-20-52-16-18-53(19-17-52)36-8-12-39-41(27-36)49(61)55(48(39)60)43-13-9-37(56)28-45(43)57/h6-8,10-12,24-27,35,43H,5,9,13-23,28-29H2,1-4H3,(H,50,58)(H,51,59). The second-order valence-corrected chi connectivity index (χ2v) is 17.1. The molecule has 8 rings (SSSR count). The first-order valence-electron chi connectivity index (χ1n) is 22.1. The number of aromatic amines is 1. The van der Waals surface area contributed by atoms with E-state index in [1.165, 1.54) is 0 Å². The number of ether oxygens (including phenoxy) is 2. The van der Waals surface area contributed by atoms with Crippen LogP contribution < -0.4 is 25.4 Å². The second-order valence-electron chi connectivity index (χ2n) is 17.1. The number of carbonyl (C=O) groups excluding carboxylic acids is 5. The zero-order valence-electron chi connectivity index (χ0n) is 36.6. The molecule has 330 valence electrons. The summed E-state index contributed by atoms with van der Waals surface area (Å²) in [6.07, 6.45) is 1.95. The number of piperazine rings is 1. The van der Waals surface area contributed by atoms with Crippen LogP contribution in [0.25, 0.3) is 11.1 Å². The van der Waals surface area contributed by atoms with E-state index in [2.05, 4.69) is 38.0 Å². The van der Waals surface area contributed by atoms with Gasteiger partial charge in [0.25, 0.3) is 23.3 Å². The Bertz CT molecular complexity index is 2480. The van der Waals surface area contributed by atoms with Gasteiger partial charge in [0.1, 0.15) is 18.1 Å². The highest BCUT2D eigenvalue weighted by atomic mass is 16.5. The number of amides is 3. The maximum atomic E-state index is 14.0. The van der Waals surface area contributed by atoms with Crippen molar-refractivity contribution in [3.63, 3.8) is 0 Å². The number of rotatable bonds is 13. The van der Waals surface area contributed by atoms with Gasteiger partial charge < -0.3 is 29.6 Å². The van der Waals surface area contributed by atoms with Gasteiger partial charge in [0.15, 0.2) is 5.78 Å². The van der Waals surface area contributed by atoms with Gasteiger partial charge in [-0.2, -0.15) is 0 Å². The molecular formula is C49H56N6O8. The molecule has 4 aliphatic rings. The lowest BCUT2D eigenvalue weighted by atomic mass is 9.92. The summed E-state index contributed by atoms with van der Waals surface area (Å²) in [4.78, 5) is 88.4. The largest absolute Gasteiger partial charge is 0.492 e. The van der Waals surface area contributed by atoms with E-state index < -0.39 is 17.9 Å². The van der Waals surface area contributed by atoms with Crippen molar-refractivity contribution in [1.29, 1.82) is 0 Å². The number of fused-ring (bicyclic) bond motifs is 1. The van der Waals surface area contributed by atoms with Crippen molar-refractivity contribution in [2.24, 2.45) is 0 Å². The van der Waals surface area contributed by atoms with Crippen molar-refractivity contribution in [2.45, 2.75) is 78.4 Å². The van der Waals surface area contributed by atoms with E-state index in [0.29, 0.717) is 48.1 Å². The average molecular weight is 857 g/mol. The number of H-pyrrole nitrogens is 1. The molecule has 0 spiro atoms. The predicted octanol–water partition coefficient (Wildman–Crippen LogP) is 5.39. The molecule has 2 N–H and O–H groups in total. The molecular weight excluding hydrogens is 801 g/mol. The molecule has 3 aliphatic heterocycles. The molecule has 1 aliphatic carbocycles. The van der Waals surface area contributed by atoms with Gasteiger partial charge in [0, 0.05) is 99.7 Å². The number of aryl methyl sites for hydroxylation is 2. The van der Waals surface area contributed by atoms with Crippen molar-refractivity contribution in [3.05, 3.63) is 110 Å². The third-order valence-electron chi connectivity index (χ3n) is 13.1. The van der Waals surface area contributed by atoms with Crippen molar-refractivity contribution in [3.8, 4) is 16.9 Å². The SMILES string of the molecule is CCN(c1cc(-c2ccc(OCCN3CCN(c4ccc5c(c4)C(=O)N(C4CCC(=O)CC4=O)C5=O)CC3)cc2)cc(C(=O)NCc2c(C)cc(C)[nH]c2=O)c1C)C1CCOCC1. The molecule has 1 aromatic heterocycles. The number of hydrogen-bond acceptors (Lipinski definition) is 11. The Morgan fingerprint density at radius 3 is 2.29 bits per heavy atom. The van der Waals surface area contributed by atoms with Crippen LogP contribution in [0, 0.1) is 20.8 Å². The number of hydrogen-bond donors (Lipinski definition) is 2. The molecule has 3 aromatic carbocycles. The third-order valence-corrected chi connectivity index (χ3v) is 13.1. The quantitative estimate of drug-likeness (QED) is 0.131. The summed E-state index contributed by atoms with van der Waals surface area (Å²) in [5.41, 5.74) is 7.73. The number of benzene rings is 3. The monoisotopic (exact) mass is 856 g/mol. The number of Topliss-reactive ketones (excluding diaryl/α,β-unsaturated/α-hetero) is 2. The van der Waals surface area contributed by atoms with Crippen LogP contribution in [0.1, 0.15) is 92.5 Å². The van der Waals surface area contributed by atoms with Crippen molar-refractivity contribution in [1.82, 2.24) is 20.1 Å². The van der Waals surface area contributed by atoms with Crippen molar-refractivity contribution >= 4 is 40.7 Å². The van der Waals surface area contributed by atoms with Crippen LogP contribution >= 0.6 is 0 Å². The Hall–Kier alpha value is -6.12. The molecule has 3 fully saturated rings. The fraction of sp³-hybridized carbons (Fsp3) is 0.429. The van der Waals surface area contributed by atoms with Gasteiger partial charge in [-0.25, -0.2) is 0 Å². The van der Waals surface area contributed by atoms with Gasteiger partial charge in [0.2, 0.25) is 0 Å². The Morgan fingerprint density at radius 1 is 0.857 bits per heavy atom. The molecule has 3 amide bonds. The highest BCUT2D eigenvalue weighted by molar-refractivity contribution is 6.24. The Morgan fingerprint density at radius 2 is 1.59 bits per heavy atom. The first-order valence-corrected chi connectivity index (χ1v) is 22.1. The highest BCUT2D eigenvalue weighted by Crippen LogP contribution is 2.35. The highest BCUT2D eigenvalue weighted by Gasteiger charge is 2.44. The van der Waals surface area contributed by atoms with Crippen molar-refractivity contribution < 1.29 is 33.4 Å². The van der Waals surface area contributed by atoms with E-state index in [1.54, 1.807) is 12.1 Å². The maximum absolute atomic E-state index is 14.0. The normalized spacial score (nSPS) is 18.5. The molecule has 63 heavy (non-hydrogen) atoms. The van der Waals surface area contributed by atoms with E-state index in [-0.39, 0.29) is 48.8 Å². The van der Waals surface area contributed by atoms with E-state index >= 15 is 0 Å². The summed E-state index contributed by atoms with van der Waals surface area (Å²) < 4.78 is 11.9. The number of carbonyl (C=O) groups is 5. The van der Waals surface area contributed by atoms with Crippen molar-refractivity contribution in [2.75, 3.05) is 68.9 Å². The zero-order valence-corrected chi connectivity index (χ0v) is 36.6. The van der Waals surface area contributed by atoms with Crippen LogP contribution in [0.5, 0.6) is 5.75 Å². The molecule has 1 unspecified atom stereocenters. The van der Waals surface area contributed by atoms with E-state index in [4.69, 9.17) is 9.47 Å². The summed E-state index contributed by atoms with van der Waals surface area (Å²) >= 11 is 0. The molecule has 4 heterocycles. The van der Waals surface area contributed by atoms with Crippen LogP contribution in [-0.4, -0.2) is 115 Å². The molecule has 14 nitrogen and oxygen atoms in total. The second kappa shape index (κ2) is 18.7. The molecule has 1 atom stereocenters. The van der Waals surface area contributed by atoms with Gasteiger partial charge in [-0.05, 0) is 118 Å². The molecule has 1 saturated carbocycles. The fourth-order valence-electron chi connectivity index (χ4n) is 9.51. The fourth-order valence-corrected chi connectivity index (χ4v) is 9.51. The number of imide groups is 1. The number of nitrogens with zero attached hydrogens (tertiary/aromatic N) is 4. The smallest absolute Gasteiger partial charge is 0.262 e. The first-order chi connectivity index (χ1) is 30.4. The van der Waals surface area contributed by atoms with Crippen LogP contribution in [0.4, 0.5) is 11.4 Å². The third kappa shape index (κ3) is 9.19. The number of ketones is 2. The van der Waals surface area contributed by atoms with Crippen LogP contribution in [0.2, 0.25) is 0 Å². The van der Waals surface area contributed by atoms with Gasteiger partial charge in [-0.15, -0.1) is 0 Å². The Kier molecular flexibility index (Phi) is 12.9. The zero-order chi connectivity index (χ0) is 44.4. The van der Waals surface area contributed by atoms with Gasteiger partial charge >= 0.3 is 0 Å². The lowest BCUT2D eigenvalue weighted by Crippen LogP contribution is -2.47. The van der Waals surface area contributed by atoms with Gasteiger partial charge in [0.05, 0.1) is 23.6 Å². The number of pyridine rings is 1. The number of anilines is 2. The summed E-state index contributed by atoms with van der Waals surface area (Å²) in [5.74, 6) is -0.964. The number of nitrogens with one attached hydrogen (secondary N) is 2. The van der Waals surface area contributed by atoms with Gasteiger partial charge in [-0.3, -0.25) is 38.6 Å². The molecule has 0 radical (unpaired) electrons. The summed E-state index contributed by atoms with van der Waals surface area (Å²) in [7, 11) is 0. The summed E-state index contributed by atoms with van der Waals surface area (Å²) in [6, 6.07) is 18.7. The van der Waals surface area contributed by atoms with E-state index in [1.807, 2.05) is 63.2 Å². The van der Waals surface area contributed by atoms with E-state index in [9.17, 15) is 28.8 Å². The van der Waals surface area contributed by atoms with Crippen LogP contribution in [-0.2, 0) is 20.9 Å². The predicted molar refractivity (Wildman–Crippen MR) is 240 cm³/mol. The van der Waals surface area contributed by atoms with Crippen LogP contribution in [0.15, 0.2) is 65.5 Å². The first kappa shape index (κ1) is 43.5. The number of aromatic nitrogens is 1. The lowest BCUT2D eigenvalue weighted by Gasteiger charge is -2.37. The molecule has 0 bridgehead atoms. The van der Waals surface area contributed by atoms with Gasteiger partial charge in [-0.1, -0.05) is 12.1 Å². The minimum absolute atomic E-state index is 0.120. The average Bonchev–Trinajstić information content (AvgIpc) is 3.52. The van der Waals surface area contributed by atoms with Crippen LogP contribution in [0.3, 0.4) is 0 Å². The Balaban J connectivity index is 0.894. The Labute approximate surface area is 367 Å². The maximum Gasteiger partial charge on any atom is 0.262 e. The molecule has 2 saturated heterocycles.